The Morgan fingerprint density at radius 2 is 2.21 bits per heavy atom. The fraction of sp³-hybridized carbons (Fsp3) is 0.100. The number of nitrogens with one attached hydrogen (secondary N) is 1. The summed E-state index contributed by atoms with van der Waals surface area (Å²) in [6.07, 6.45) is 1.01. The van der Waals surface area contributed by atoms with Gasteiger partial charge in [-0.1, -0.05) is 6.07 Å². The molecule has 0 unspecified atom stereocenters. The van der Waals surface area contributed by atoms with E-state index in [0.29, 0.717) is 5.56 Å². The number of hydrogen-bond donors (Lipinski definition) is 1. The average Bonchev–Trinajstić information content (AvgIpc) is 2.85. The van der Waals surface area contributed by atoms with E-state index < -0.39 is 14.9 Å². The van der Waals surface area contributed by atoms with Crippen molar-refractivity contribution in [3.63, 3.8) is 0 Å². The molecule has 0 bridgehead atoms. The van der Waals surface area contributed by atoms with Crippen LogP contribution in [-0.2, 0) is 10.0 Å². The van der Waals surface area contributed by atoms with Crippen molar-refractivity contribution >= 4 is 32.9 Å². The van der Waals surface area contributed by atoms with Gasteiger partial charge in [0.15, 0.2) is 0 Å². The van der Waals surface area contributed by atoms with Gasteiger partial charge in [-0.25, -0.2) is 13.4 Å². The monoisotopic (exact) mass is 299 g/mol. The zero-order valence-corrected chi connectivity index (χ0v) is 11.4. The Balaban J connectivity index is 2.32. The Kier molecular flexibility index (Phi) is 3.49. The number of rotatable bonds is 4. The lowest BCUT2D eigenvalue weighted by atomic mass is 10.3. The molecule has 0 fully saturated rings. The highest BCUT2D eigenvalue weighted by Crippen LogP contribution is 2.23. The first-order chi connectivity index (χ1) is 8.90. The second-order valence-corrected chi connectivity index (χ2v) is 6.51. The first kappa shape index (κ1) is 13.4. The molecule has 0 aromatic carbocycles. The highest BCUT2D eigenvalue weighted by Gasteiger charge is 2.18. The van der Waals surface area contributed by atoms with Crippen LogP contribution in [0.25, 0.3) is 0 Å². The van der Waals surface area contributed by atoms with Crippen LogP contribution >= 0.6 is 11.3 Å². The fourth-order valence-corrected chi connectivity index (χ4v) is 3.43. The van der Waals surface area contributed by atoms with E-state index in [2.05, 4.69) is 9.71 Å². The number of nitrogens with zero attached hydrogens (tertiary/aromatic N) is 2. The maximum Gasteiger partial charge on any atom is 0.287 e. The molecular weight excluding hydrogens is 290 g/mol. The highest BCUT2D eigenvalue weighted by atomic mass is 32.2. The van der Waals surface area contributed by atoms with Crippen molar-refractivity contribution in [2.45, 2.75) is 11.1 Å². The highest BCUT2D eigenvalue weighted by molar-refractivity contribution is 7.94. The third-order valence-corrected chi connectivity index (χ3v) is 5.00. The minimum atomic E-state index is -3.69. The Labute approximate surface area is 113 Å². The maximum absolute atomic E-state index is 12.0. The van der Waals surface area contributed by atoms with E-state index in [1.54, 1.807) is 18.4 Å². The second-order valence-electron chi connectivity index (χ2n) is 3.65. The van der Waals surface area contributed by atoms with Crippen molar-refractivity contribution in [3.05, 3.63) is 45.5 Å². The maximum atomic E-state index is 12.0. The summed E-state index contributed by atoms with van der Waals surface area (Å²) in [5, 5.41) is 12.2. The zero-order chi connectivity index (χ0) is 14.0. The van der Waals surface area contributed by atoms with Crippen LogP contribution in [0.5, 0.6) is 0 Å². The molecular formula is C10H9N3O4S2. The third-order valence-electron chi connectivity index (χ3n) is 2.27. The molecule has 0 radical (unpaired) electrons. The number of thiophene rings is 1. The molecule has 2 rings (SSSR count). The van der Waals surface area contributed by atoms with Crippen molar-refractivity contribution in [3.8, 4) is 0 Å². The van der Waals surface area contributed by atoms with Crippen LogP contribution in [0.15, 0.2) is 34.0 Å². The molecule has 100 valence electrons. The van der Waals surface area contributed by atoms with Gasteiger partial charge < -0.3 is 0 Å². The minimum Gasteiger partial charge on any atom is -0.262 e. The Morgan fingerprint density at radius 3 is 2.74 bits per heavy atom. The molecule has 2 heterocycles. The van der Waals surface area contributed by atoms with Gasteiger partial charge in [0.2, 0.25) is 0 Å². The number of pyridine rings is 1. The summed E-state index contributed by atoms with van der Waals surface area (Å²) in [4.78, 5) is 13.7. The lowest BCUT2D eigenvalue weighted by molar-refractivity contribution is -0.385. The standard InChI is InChI=1S/C10H9N3O4S2/c1-7-5-8(13(14)15)6-11-10(7)12-19(16,17)9-3-2-4-18-9/h2-6H,1H3,(H,11,12). The quantitative estimate of drug-likeness (QED) is 0.688. The van der Waals surface area contributed by atoms with Crippen molar-refractivity contribution < 1.29 is 13.3 Å². The van der Waals surface area contributed by atoms with Crippen LogP contribution < -0.4 is 4.72 Å². The molecule has 2 aromatic heterocycles. The van der Waals surface area contributed by atoms with Gasteiger partial charge >= 0.3 is 0 Å². The van der Waals surface area contributed by atoms with Crippen LogP contribution in [0.3, 0.4) is 0 Å². The number of sulfonamides is 1. The van der Waals surface area contributed by atoms with Gasteiger partial charge in [0.25, 0.3) is 15.7 Å². The smallest absolute Gasteiger partial charge is 0.262 e. The van der Waals surface area contributed by atoms with E-state index in [0.717, 1.165) is 17.5 Å². The van der Waals surface area contributed by atoms with E-state index >= 15 is 0 Å². The van der Waals surface area contributed by atoms with Gasteiger partial charge in [-0.05, 0) is 23.9 Å². The molecule has 0 aliphatic carbocycles. The Bertz CT molecular complexity index is 710. The lowest BCUT2D eigenvalue weighted by Gasteiger charge is -2.07. The SMILES string of the molecule is Cc1cc([N+](=O)[O-])cnc1NS(=O)(=O)c1cccs1. The largest absolute Gasteiger partial charge is 0.287 e. The predicted octanol–water partition coefficient (Wildman–Crippen LogP) is 2.16. The number of anilines is 1. The molecule has 19 heavy (non-hydrogen) atoms. The van der Waals surface area contributed by atoms with Crippen LogP contribution in [0.4, 0.5) is 11.5 Å². The molecule has 2 aromatic rings. The van der Waals surface area contributed by atoms with Crippen LogP contribution in [0.2, 0.25) is 0 Å². The van der Waals surface area contributed by atoms with Gasteiger partial charge in [-0.15, -0.1) is 11.3 Å². The Morgan fingerprint density at radius 1 is 1.47 bits per heavy atom. The molecule has 9 heteroatoms. The van der Waals surface area contributed by atoms with E-state index in [1.807, 2.05) is 0 Å². The van der Waals surface area contributed by atoms with Crippen molar-refractivity contribution in [2.75, 3.05) is 4.72 Å². The number of aryl methyl sites for hydroxylation is 1. The van der Waals surface area contributed by atoms with E-state index in [1.165, 1.54) is 12.1 Å². The normalized spacial score (nSPS) is 11.2. The van der Waals surface area contributed by atoms with Gasteiger partial charge in [0.05, 0.1) is 4.92 Å². The molecule has 0 spiro atoms. The first-order valence-electron chi connectivity index (χ1n) is 5.07. The molecule has 1 N–H and O–H groups in total. The number of aromatic nitrogens is 1. The van der Waals surface area contributed by atoms with Gasteiger partial charge in [0, 0.05) is 6.07 Å². The summed E-state index contributed by atoms with van der Waals surface area (Å²) < 4.78 is 26.4. The third kappa shape index (κ3) is 2.88. The zero-order valence-electron chi connectivity index (χ0n) is 9.73. The summed E-state index contributed by atoms with van der Waals surface area (Å²) in [7, 11) is -3.69. The summed E-state index contributed by atoms with van der Waals surface area (Å²) >= 11 is 1.08. The lowest BCUT2D eigenvalue weighted by Crippen LogP contribution is -2.13. The summed E-state index contributed by atoms with van der Waals surface area (Å²) in [5.41, 5.74) is 0.200. The molecule has 0 amide bonds. The van der Waals surface area contributed by atoms with E-state index in [9.17, 15) is 18.5 Å². The van der Waals surface area contributed by atoms with Crippen LogP contribution in [0.1, 0.15) is 5.56 Å². The molecule has 7 nitrogen and oxygen atoms in total. The molecule has 0 saturated heterocycles. The molecule has 0 saturated carbocycles. The predicted molar refractivity (Wildman–Crippen MR) is 70.8 cm³/mol. The van der Waals surface area contributed by atoms with Gasteiger partial charge in [-0.2, -0.15) is 0 Å². The number of hydrogen-bond acceptors (Lipinski definition) is 6. The van der Waals surface area contributed by atoms with Crippen molar-refractivity contribution in [1.29, 1.82) is 0 Å². The van der Waals surface area contributed by atoms with Crippen molar-refractivity contribution in [2.24, 2.45) is 0 Å². The minimum absolute atomic E-state index is 0.0824. The van der Waals surface area contributed by atoms with Gasteiger partial charge in [-0.3, -0.25) is 14.8 Å². The fourth-order valence-electron chi connectivity index (χ4n) is 1.36. The molecule has 0 aliphatic heterocycles. The topological polar surface area (TPSA) is 102 Å². The van der Waals surface area contributed by atoms with Crippen LogP contribution in [0, 0.1) is 17.0 Å². The second kappa shape index (κ2) is 4.94. The average molecular weight is 299 g/mol. The summed E-state index contributed by atoms with van der Waals surface area (Å²) in [6.45, 7) is 1.55. The van der Waals surface area contributed by atoms with Gasteiger partial charge in [0.1, 0.15) is 16.2 Å². The molecule has 0 aliphatic rings. The van der Waals surface area contributed by atoms with Crippen LogP contribution in [-0.4, -0.2) is 18.3 Å². The Hall–Kier alpha value is -2.00. The van der Waals surface area contributed by atoms with E-state index in [-0.39, 0.29) is 15.7 Å². The summed E-state index contributed by atoms with van der Waals surface area (Å²) in [6, 6.07) is 4.35. The van der Waals surface area contributed by atoms with Crippen molar-refractivity contribution in [1.82, 2.24) is 4.98 Å². The van der Waals surface area contributed by atoms with E-state index in [4.69, 9.17) is 0 Å². The number of nitro groups is 1. The molecule has 0 atom stereocenters. The first-order valence-corrected chi connectivity index (χ1v) is 7.44. The summed E-state index contributed by atoms with van der Waals surface area (Å²) in [5.74, 6) is 0.0824.